The number of nitrogens with zero attached hydrogens (tertiary/aromatic N) is 1. The molecule has 1 N–H and O–H groups in total. The highest BCUT2D eigenvalue weighted by atomic mass is 79.9. The summed E-state index contributed by atoms with van der Waals surface area (Å²) in [4.78, 5) is 4.52. The lowest BCUT2D eigenvalue weighted by Gasteiger charge is -2.16. The second kappa shape index (κ2) is 4.88. The summed E-state index contributed by atoms with van der Waals surface area (Å²) < 4.78 is 1.03. The van der Waals surface area contributed by atoms with Gasteiger partial charge in [0.15, 0.2) is 0 Å². The monoisotopic (exact) mass is 304 g/mol. The van der Waals surface area contributed by atoms with Gasteiger partial charge in [0, 0.05) is 22.1 Å². The summed E-state index contributed by atoms with van der Waals surface area (Å²) >= 11 is 3.47. The number of nitrogens with one attached hydrogen (secondary N) is 1. The third-order valence-electron chi connectivity index (χ3n) is 3.46. The van der Waals surface area contributed by atoms with Gasteiger partial charge in [0.2, 0.25) is 0 Å². The maximum Gasteiger partial charge on any atom is 0.0934 e. The standard InChI is InChI=1S/C15H17BrN2/c1-10(7-11-5-6-11)18-14-4-2-3-12-8-13(16)9-17-15(12)14/h2-4,8-11,18H,5-7H2,1H3. The van der Waals surface area contributed by atoms with E-state index in [0.29, 0.717) is 6.04 Å². The Bertz CT molecular complexity index is 563. The zero-order chi connectivity index (χ0) is 12.5. The quantitative estimate of drug-likeness (QED) is 0.893. The van der Waals surface area contributed by atoms with Gasteiger partial charge in [0.05, 0.1) is 11.2 Å². The van der Waals surface area contributed by atoms with Gasteiger partial charge in [-0.15, -0.1) is 0 Å². The lowest BCUT2D eigenvalue weighted by atomic mass is 10.1. The van der Waals surface area contributed by atoms with Crippen LogP contribution in [0.2, 0.25) is 0 Å². The van der Waals surface area contributed by atoms with Crippen molar-refractivity contribution >= 4 is 32.5 Å². The molecule has 1 aromatic carbocycles. The molecule has 2 aromatic rings. The number of para-hydroxylation sites is 1. The van der Waals surface area contributed by atoms with E-state index in [1.807, 2.05) is 6.20 Å². The van der Waals surface area contributed by atoms with E-state index in [1.54, 1.807) is 0 Å². The molecule has 0 radical (unpaired) electrons. The summed E-state index contributed by atoms with van der Waals surface area (Å²) in [6, 6.07) is 8.94. The van der Waals surface area contributed by atoms with Gasteiger partial charge in [-0.05, 0) is 47.3 Å². The number of benzene rings is 1. The molecule has 0 aliphatic heterocycles. The molecular weight excluding hydrogens is 288 g/mol. The summed E-state index contributed by atoms with van der Waals surface area (Å²) in [5, 5.41) is 4.77. The van der Waals surface area contributed by atoms with Crippen LogP contribution in [0, 0.1) is 5.92 Å². The van der Waals surface area contributed by atoms with Crippen LogP contribution in [0.3, 0.4) is 0 Å². The van der Waals surface area contributed by atoms with E-state index in [4.69, 9.17) is 0 Å². The second-order valence-electron chi connectivity index (χ2n) is 5.26. The maximum atomic E-state index is 4.52. The number of pyridine rings is 1. The van der Waals surface area contributed by atoms with Crippen LogP contribution in [-0.2, 0) is 0 Å². The largest absolute Gasteiger partial charge is 0.381 e. The van der Waals surface area contributed by atoms with Crippen molar-refractivity contribution in [3.05, 3.63) is 34.9 Å². The lowest BCUT2D eigenvalue weighted by Crippen LogP contribution is -2.16. The number of anilines is 1. The molecule has 2 nitrogen and oxygen atoms in total. The highest BCUT2D eigenvalue weighted by Gasteiger charge is 2.23. The first-order valence-corrected chi connectivity index (χ1v) is 7.32. The summed E-state index contributed by atoms with van der Waals surface area (Å²) in [6.07, 6.45) is 5.95. The second-order valence-corrected chi connectivity index (χ2v) is 6.17. The highest BCUT2D eigenvalue weighted by Crippen LogP contribution is 2.34. The van der Waals surface area contributed by atoms with Gasteiger partial charge in [-0.3, -0.25) is 4.98 Å². The Balaban J connectivity index is 1.86. The lowest BCUT2D eigenvalue weighted by molar-refractivity contribution is 0.642. The minimum absolute atomic E-state index is 0.522. The average Bonchev–Trinajstić information content (AvgIpc) is 3.12. The van der Waals surface area contributed by atoms with Gasteiger partial charge in [-0.25, -0.2) is 0 Å². The fourth-order valence-electron chi connectivity index (χ4n) is 2.43. The molecule has 1 saturated carbocycles. The van der Waals surface area contributed by atoms with Crippen molar-refractivity contribution < 1.29 is 0 Å². The molecule has 0 bridgehead atoms. The van der Waals surface area contributed by atoms with E-state index < -0.39 is 0 Å². The van der Waals surface area contributed by atoms with Crippen molar-refractivity contribution in [2.24, 2.45) is 5.92 Å². The molecule has 1 atom stereocenters. The summed E-state index contributed by atoms with van der Waals surface area (Å²) in [6.45, 7) is 2.26. The molecule has 1 aromatic heterocycles. The van der Waals surface area contributed by atoms with E-state index in [0.717, 1.165) is 21.6 Å². The maximum absolute atomic E-state index is 4.52. The van der Waals surface area contributed by atoms with Crippen LogP contribution in [-0.4, -0.2) is 11.0 Å². The predicted octanol–water partition coefficient (Wildman–Crippen LogP) is 4.60. The van der Waals surface area contributed by atoms with Crippen LogP contribution in [0.15, 0.2) is 34.9 Å². The van der Waals surface area contributed by atoms with E-state index in [1.165, 1.54) is 24.6 Å². The van der Waals surface area contributed by atoms with Crippen LogP contribution in [0.5, 0.6) is 0 Å². The Labute approximate surface area is 116 Å². The molecule has 0 spiro atoms. The molecule has 1 fully saturated rings. The number of hydrogen-bond donors (Lipinski definition) is 1. The van der Waals surface area contributed by atoms with Gasteiger partial charge >= 0.3 is 0 Å². The van der Waals surface area contributed by atoms with Crippen molar-refractivity contribution in [3.8, 4) is 0 Å². The first-order valence-electron chi connectivity index (χ1n) is 6.53. The third kappa shape index (κ3) is 2.66. The van der Waals surface area contributed by atoms with Gasteiger partial charge in [0.1, 0.15) is 0 Å². The van der Waals surface area contributed by atoms with Gasteiger partial charge in [-0.2, -0.15) is 0 Å². The van der Waals surface area contributed by atoms with Crippen LogP contribution in [0.25, 0.3) is 10.9 Å². The Morgan fingerprint density at radius 2 is 2.28 bits per heavy atom. The first-order chi connectivity index (χ1) is 8.72. The fourth-order valence-corrected chi connectivity index (χ4v) is 2.78. The van der Waals surface area contributed by atoms with Gasteiger partial charge in [-0.1, -0.05) is 25.0 Å². The Hall–Kier alpha value is -1.09. The number of hydrogen-bond acceptors (Lipinski definition) is 2. The molecule has 0 amide bonds. The van der Waals surface area contributed by atoms with E-state index >= 15 is 0 Å². The van der Waals surface area contributed by atoms with Crippen molar-refractivity contribution in [2.45, 2.75) is 32.2 Å². The van der Waals surface area contributed by atoms with Crippen molar-refractivity contribution in [3.63, 3.8) is 0 Å². The molecule has 3 heteroatoms. The minimum atomic E-state index is 0.522. The average molecular weight is 305 g/mol. The highest BCUT2D eigenvalue weighted by molar-refractivity contribution is 9.10. The zero-order valence-corrected chi connectivity index (χ0v) is 12.1. The van der Waals surface area contributed by atoms with Gasteiger partial charge in [0.25, 0.3) is 0 Å². The summed E-state index contributed by atoms with van der Waals surface area (Å²) in [5.74, 6) is 0.949. The molecule has 1 aliphatic rings. The number of aromatic nitrogens is 1. The smallest absolute Gasteiger partial charge is 0.0934 e. The van der Waals surface area contributed by atoms with Crippen molar-refractivity contribution in [1.29, 1.82) is 0 Å². The molecule has 3 rings (SSSR count). The number of halogens is 1. The van der Waals surface area contributed by atoms with Crippen molar-refractivity contribution in [1.82, 2.24) is 4.98 Å². The molecule has 0 saturated heterocycles. The molecule has 18 heavy (non-hydrogen) atoms. The van der Waals surface area contributed by atoms with Gasteiger partial charge < -0.3 is 5.32 Å². The molecule has 94 valence electrons. The SMILES string of the molecule is CC(CC1CC1)Nc1cccc2cc(Br)cnc12. The molecule has 1 heterocycles. The normalized spacial score (nSPS) is 16.8. The predicted molar refractivity (Wildman–Crippen MR) is 79.9 cm³/mol. The number of fused-ring (bicyclic) bond motifs is 1. The van der Waals surface area contributed by atoms with Crippen LogP contribution < -0.4 is 5.32 Å². The van der Waals surface area contributed by atoms with E-state index in [2.05, 4.69) is 57.4 Å². The Morgan fingerprint density at radius 1 is 1.44 bits per heavy atom. The van der Waals surface area contributed by atoms with Crippen LogP contribution in [0.4, 0.5) is 5.69 Å². The fraction of sp³-hybridized carbons (Fsp3) is 0.400. The Kier molecular flexibility index (Phi) is 3.25. The molecule has 1 aliphatic carbocycles. The minimum Gasteiger partial charge on any atom is -0.381 e. The summed E-state index contributed by atoms with van der Waals surface area (Å²) in [5.41, 5.74) is 2.21. The Morgan fingerprint density at radius 3 is 3.06 bits per heavy atom. The zero-order valence-electron chi connectivity index (χ0n) is 10.5. The number of rotatable bonds is 4. The van der Waals surface area contributed by atoms with E-state index in [-0.39, 0.29) is 0 Å². The topological polar surface area (TPSA) is 24.9 Å². The van der Waals surface area contributed by atoms with Crippen LogP contribution in [0.1, 0.15) is 26.2 Å². The van der Waals surface area contributed by atoms with Crippen LogP contribution >= 0.6 is 15.9 Å². The van der Waals surface area contributed by atoms with E-state index in [9.17, 15) is 0 Å². The van der Waals surface area contributed by atoms with Crippen molar-refractivity contribution in [2.75, 3.05) is 5.32 Å². The molecular formula is C15H17BrN2. The molecule has 1 unspecified atom stereocenters. The third-order valence-corrected chi connectivity index (χ3v) is 3.90. The first kappa shape index (κ1) is 12.0. The summed E-state index contributed by atoms with van der Waals surface area (Å²) in [7, 11) is 0.